The molecule has 1 atom stereocenters. The van der Waals surface area contributed by atoms with Gasteiger partial charge in [0.25, 0.3) is 0 Å². The minimum Gasteiger partial charge on any atom is -0.368 e. The number of primary amides is 1. The van der Waals surface area contributed by atoms with E-state index >= 15 is 0 Å². The third-order valence-electron chi connectivity index (χ3n) is 2.56. The van der Waals surface area contributed by atoms with Gasteiger partial charge in [-0.2, -0.15) is 0 Å². The van der Waals surface area contributed by atoms with Crippen molar-refractivity contribution < 1.29 is 4.79 Å². The fraction of sp³-hybridized carbons (Fsp3) is 0.0667. The van der Waals surface area contributed by atoms with Gasteiger partial charge in [0.1, 0.15) is 0 Å². The summed E-state index contributed by atoms with van der Waals surface area (Å²) in [7, 11) is 0. The number of carbonyl (C=O) groups excluding carboxylic acids is 1. The van der Waals surface area contributed by atoms with Crippen molar-refractivity contribution in [1.82, 2.24) is 0 Å². The zero-order chi connectivity index (χ0) is 12.8. The molecule has 0 saturated carbocycles. The van der Waals surface area contributed by atoms with Gasteiger partial charge >= 0.3 is 0 Å². The van der Waals surface area contributed by atoms with Crippen LogP contribution < -0.4 is 5.73 Å². The number of nitrogens with two attached hydrogens (primary N) is 1. The van der Waals surface area contributed by atoms with Gasteiger partial charge in [-0.05, 0) is 11.1 Å². The molecule has 0 aromatic heterocycles. The molecule has 2 N–H and O–H groups in total. The van der Waals surface area contributed by atoms with Gasteiger partial charge in [-0.3, -0.25) is 9.79 Å². The van der Waals surface area contributed by atoms with E-state index in [4.69, 9.17) is 5.73 Å². The average molecular weight is 238 g/mol. The SMILES string of the molecule is NC(=O)[C@H](N=Cc1ccccc1)c1ccccc1. The van der Waals surface area contributed by atoms with E-state index in [1.807, 2.05) is 60.7 Å². The minimum atomic E-state index is -0.633. The summed E-state index contributed by atoms with van der Waals surface area (Å²) < 4.78 is 0. The normalized spacial score (nSPS) is 12.4. The first-order chi connectivity index (χ1) is 8.77. The van der Waals surface area contributed by atoms with Crippen LogP contribution in [0.25, 0.3) is 0 Å². The van der Waals surface area contributed by atoms with Crippen molar-refractivity contribution in [3.63, 3.8) is 0 Å². The highest BCUT2D eigenvalue weighted by Crippen LogP contribution is 2.16. The number of carbonyl (C=O) groups is 1. The molecular formula is C15H14N2O. The molecule has 90 valence electrons. The lowest BCUT2D eigenvalue weighted by Crippen LogP contribution is -2.20. The smallest absolute Gasteiger partial charge is 0.246 e. The zero-order valence-electron chi connectivity index (χ0n) is 9.86. The molecule has 0 saturated heterocycles. The second-order valence-electron chi connectivity index (χ2n) is 3.90. The van der Waals surface area contributed by atoms with E-state index in [0.29, 0.717) is 0 Å². The molecule has 0 fully saturated rings. The zero-order valence-corrected chi connectivity index (χ0v) is 9.86. The number of benzene rings is 2. The Bertz CT molecular complexity index is 535. The topological polar surface area (TPSA) is 55.5 Å². The molecule has 3 heteroatoms. The maximum absolute atomic E-state index is 11.4. The number of amides is 1. The Balaban J connectivity index is 2.23. The van der Waals surface area contributed by atoms with Crippen molar-refractivity contribution >= 4 is 12.1 Å². The number of hydrogen-bond donors (Lipinski definition) is 1. The first kappa shape index (κ1) is 12.0. The molecule has 0 aliphatic carbocycles. The van der Waals surface area contributed by atoms with Gasteiger partial charge in [0.05, 0.1) is 0 Å². The van der Waals surface area contributed by atoms with Gasteiger partial charge in [0.2, 0.25) is 5.91 Å². The summed E-state index contributed by atoms with van der Waals surface area (Å²) in [5.74, 6) is -0.451. The average Bonchev–Trinajstić information content (AvgIpc) is 2.41. The van der Waals surface area contributed by atoms with Crippen LogP contribution in [-0.2, 0) is 4.79 Å². The van der Waals surface area contributed by atoms with E-state index in [9.17, 15) is 4.79 Å². The molecule has 2 aromatic carbocycles. The summed E-state index contributed by atoms with van der Waals surface area (Å²) in [6.45, 7) is 0. The molecule has 18 heavy (non-hydrogen) atoms. The minimum absolute atomic E-state index is 0.451. The summed E-state index contributed by atoms with van der Waals surface area (Å²) in [6, 6.07) is 18.3. The van der Waals surface area contributed by atoms with Crippen LogP contribution in [0.15, 0.2) is 65.7 Å². The third kappa shape index (κ3) is 3.04. The molecule has 0 spiro atoms. The van der Waals surface area contributed by atoms with Gasteiger partial charge in [0, 0.05) is 6.21 Å². The summed E-state index contributed by atoms with van der Waals surface area (Å²) in [5, 5.41) is 0. The maximum atomic E-state index is 11.4. The quantitative estimate of drug-likeness (QED) is 0.816. The van der Waals surface area contributed by atoms with Crippen LogP contribution in [0.1, 0.15) is 17.2 Å². The van der Waals surface area contributed by atoms with Crippen molar-refractivity contribution in [2.45, 2.75) is 6.04 Å². The van der Waals surface area contributed by atoms with Crippen molar-refractivity contribution in [3.05, 3.63) is 71.8 Å². The van der Waals surface area contributed by atoms with Crippen LogP contribution in [0.4, 0.5) is 0 Å². The molecular weight excluding hydrogens is 224 g/mol. The number of nitrogens with zero attached hydrogens (tertiary/aromatic N) is 1. The molecule has 2 rings (SSSR count). The van der Waals surface area contributed by atoms with E-state index in [-0.39, 0.29) is 0 Å². The Kier molecular flexibility index (Phi) is 3.86. The van der Waals surface area contributed by atoms with E-state index in [0.717, 1.165) is 11.1 Å². The van der Waals surface area contributed by atoms with Gasteiger partial charge in [-0.1, -0.05) is 60.7 Å². The van der Waals surface area contributed by atoms with Gasteiger partial charge in [0.15, 0.2) is 6.04 Å². The van der Waals surface area contributed by atoms with E-state index in [1.54, 1.807) is 6.21 Å². The van der Waals surface area contributed by atoms with Crippen molar-refractivity contribution in [3.8, 4) is 0 Å². The van der Waals surface area contributed by atoms with E-state index in [2.05, 4.69) is 4.99 Å². The van der Waals surface area contributed by atoms with Crippen LogP contribution in [-0.4, -0.2) is 12.1 Å². The molecule has 0 aliphatic rings. The fourth-order valence-electron chi connectivity index (χ4n) is 1.66. The van der Waals surface area contributed by atoms with Gasteiger partial charge in [-0.15, -0.1) is 0 Å². The molecule has 1 amide bonds. The molecule has 0 bridgehead atoms. The number of rotatable bonds is 4. The third-order valence-corrected chi connectivity index (χ3v) is 2.56. The van der Waals surface area contributed by atoms with Crippen LogP contribution >= 0.6 is 0 Å². The van der Waals surface area contributed by atoms with Crippen LogP contribution in [0.5, 0.6) is 0 Å². The summed E-state index contributed by atoms with van der Waals surface area (Å²) in [5.41, 5.74) is 7.13. The summed E-state index contributed by atoms with van der Waals surface area (Å²) in [6.07, 6.45) is 1.67. The highest BCUT2D eigenvalue weighted by Gasteiger charge is 2.14. The Morgan fingerprint density at radius 2 is 1.56 bits per heavy atom. The van der Waals surface area contributed by atoms with Crippen LogP contribution in [0.2, 0.25) is 0 Å². The van der Waals surface area contributed by atoms with E-state index in [1.165, 1.54) is 0 Å². The monoisotopic (exact) mass is 238 g/mol. The van der Waals surface area contributed by atoms with Gasteiger partial charge in [-0.25, -0.2) is 0 Å². The highest BCUT2D eigenvalue weighted by atomic mass is 16.1. The Labute approximate surface area is 106 Å². The lowest BCUT2D eigenvalue weighted by Gasteiger charge is -2.08. The van der Waals surface area contributed by atoms with Crippen molar-refractivity contribution in [2.24, 2.45) is 10.7 Å². The number of hydrogen-bond acceptors (Lipinski definition) is 2. The summed E-state index contributed by atoms with van der Waals surface area (Å²) >= 11 is 0. The maximum Gasteiger partial charge on any atom is 0.246 e. The Hall–Kier alpha value is -2.42. The first-order valence-electron chi connectivity index (χ1n) is 5.70. The Morgan fingerprint density at radius 3 is 2.11 bits per heavy atom. The number of aliphatic imine (C=N–C) groups is 1. The molecule has 0 unspecified atom stereocenters. The Morgan fingerprint density at radius 1 is 1.00 bits per heavy atom. The van der Waals surface area contributed by atoms with E-state index < -0.39 is 11.9 Å². The van der Waals surface area contributed by atoms with Crippen molar-refractivity contribution in [2.75, 3.05) is 0 Å². The first-order valence-corrected chi connectivity index (χ1v) is 5.70. The lowest BCUT2D eigenvalue weighted by atomic mass is 10.1. The predicted molar refractivity (Wildman–Crippen MR) is 72.4 cm³/mol. The fourth-order valence-corrected chi connectivity index (χ4v) is 1.66. The predicted octanol–water partition coefficient (Wildman–Crippen LogP) is 2.33. The second-order valence-corrected chi connectivity index (χ2v) is 3.90. The lowest BCUT2D eigenvalue weighted by molar-refractivity contribution is -0.119. The molecule has 2 aromatic rings. The molecule has 0 radical (unpaired) electrons. The second kappa shape index (κ2) is 5.77. The molecule has 3 nitrogen and oxygen atoms in total. The van der Waals surface area contributed by atoms with Crippen LogP contribution in [0, 0.1) is 0 Å². The standard InChI is InChI=1S/C15H14N2O/c16-15(18)14(13-9-5-2-6-10-13)17-11-12-7-3-1-4-8-12/h1-11,14H,(H2,16,18)/t14-/m1/s1. The van der Waals surface area contributed by atoms with Gasteiger partial charge < -0.3 is 5.73 Å². The summed E-state index contributed by atoms with van der Waals surface area (Å²) in [4.78, 5) is 15.7. The molecule has 0 aliphatic heterocycles. The molecule has 0 heterocycles. The largest absolute Gasteiger partial charge is 0.368 e. The van der Waals surface area contributed by atoms with Crippen LogP contribution in [0.3, 0.4) is 0 Å². The highest BCUT2D eigenvalue weighted by molar-refractivity contribution is 5.86. The van der Waals surface area contributed by atoms with Crippen molar-refractivity contribution in [1.29, 1.82) is 0 Å².